The van der Waals surface area contributed by atoms with Crippen LogP contribution in [-0.2, 0) is 16.1 Å². The van der Waals surface area contributed by atoms with Gasteiger partial charge in [0.1, 0.15) is 6.54 Å². The van der Waals surface area contributed by atoms with Gasteiger partial charge in [-0.15, -0.1) is 0 Å². The molecule has 2 aliphatic rings. The van der Waals surface area contributed by atoms with Crippen LogP contribution in [0.1, 0.15) is 11.3 Å². The Bertz CT molecular complexity index is 1680. The number of anilines is 2. The Balaban J connectivity index is 1.31. The highest BCUT2D eigenvalue weighted by Crippen LogP contribution is 2.39. The summed E-state index contributed by atoms with van der Waals surface area (Å²) in [6.45, 7) is 2.21. The molecule has 7 nitrogen and oxygen atoms in total. The number of ether oxygens (including phenoxy) is 2. The van der Waals surface area contributed by atoms with Crippen LogP contribution in [0, 0.1) is 6.92 Å². The van der Waals surface area contributed by atoms with E-state index in [-0.39, 0.29) is 25.2 Å². The molecule has 0 atom stereocenters. The van der Waals surface area contributed by atoms with Gasteiger partial charge in [-0.05, 0) is 49.4 Å². The molecule has 1 fully saturated rings. The summed E-state index contributed by atoms with van der Waals surface area (Å²) in [7, 11) is 0. The topological polar surface area (TPSA) is 72.8 Å². The van der Waals surface area contributed by atoms with Crippen molar-refractivity contribution in [2.75, 3.05) is 17.0 Å². The van der Waals surface area contributed by atoms with E-state index in [1.54, 1.807) is 42.5 Å². The van der Waals surface area contributed by atoms with Gasteiger partial charge >= 0.3 is 0 Å². The summed E-state index contributed by atoms with van der Waals surface area (Å²) in [5.74, 6) is 0.856. The molecule has 190 valence electrons. The fourth-order valence-electron chi connectivity index (χ4n) is 4.60. The number of thiocarbonyl (C=S) groups is 1. The van der Waals surface area contributed by atoms with Crippen LogP contribution in [0.4, 0.5) is 11.4 Å². The summed E-state index contributed by atoms with van der Waals surface area (Å²) in [5.41, 5.74) is 3.87. The van der Waals surface area contributed by atoms with Gasteiger partial charge in [-0.3, -0.25) is 14.5 Å². The minimum absolute atomic E-state index is 0.0953. The zero-order valence-electron chi connectivity index (χ0n) is 20.1. The van der Waals surface area contributed by atoms with Crippen molar-refractivity contribution >= 4 is 80.1 Å². The van der Waals surface area contributed by atoms with E-state index in [1.165, 1.54) is 16.7 Å². The third-order valence-electron chi connectivity index (χ3n) is 6.37. The summed E-state index contributed by atoms with van der Waals surface area (Å²) in [6.07, 6.45) is 1.85. The van der Waals surface area contributed by atoms with Crippen LogP contribution in [0.25, 0.3) is 17.0 Å². The van der Waals surface area contributed by atoms with Crippen LogP contribution in [0.2, 0.25) is 5.02 Å². The van der Waals surface area contributed by atoms with Crippen LogP contribution >= 0.6 is 35.6 Å². The molecule has 2 amide bonds. The Kier molecular flexibility index (Phi) is 6.35. The van der Waals surface area contributed by atoms with Crippen molar-refractivity contribution < 1.29 is 19.1 Å². The predicted molar refractivity (Wildman–Crippen MR) is 155 cm³/mol. The van der Waals surface area contributed by atoms with Crippen LogP contribution in [0.3, 0.4) is 0 Å². The first-order chi connectivity index (χ1) is 18.4. The highest BCUT2D eigenvalue weighted by Gasteiger charge is 2.34. The molecule has 0 saturated carbocycles. The number of thioether (sulfide) groups is 1. The van der Waals surface area contributed by atoms with Gasteiger partial charge in [0.15, 0.2) is 15.8 Å². The lowest BCUT2D eigenvalue weighted by atomic mass is 10.1. The normalized spacial score (nSPS) is 15.6. The second-order valence-electron chi connectivity index (χ2n) is 8.72. The lowest BCUT2D eigenvalue weighted by Crippen LogP contribution is -2.27. The van der Waals surface area contributed by atoms with Gasteiger partial charge in [0, 0.05) is 38.9 Å². The van der Waals surface area contributed by atoms with Gasteiger partial charge in [0.2, 0.25) is 12.7 Å². The summed E-state index contributed by atoms with van der Waals surface area (Å²) in [4.78, 5) is 28.4. The number of hydrogen-bond acceptors (Lipinski definition) is 6. The molecule has 0 spiro atoms. The highest BCUT2D eigenvalue weighted by molar-refractivity contribution is 8.27. The molecule has 1 saturated heterocycles. The van der Waals surface area contributed by atoms with Crippen molar-refractivity contribution in [2.45, 2.75) is 13.5 Å². The Morgan fingerprint density at radius 1 is 1.11 bits per heavy atom. The molecule has 2 aliphatic heterocycles. The summed E-state index contributed by atoms with van der Waals surface area (Å²) < 4.78 is 13.1. The van der Waals surface area contributed by atoms with E-state index in [0.29, 0.717) is 37.1 Å². The number of para-hydroxylation sites is 1. The van der Waals surface area contributed by atoms with Crippen molar-refractivity contribution in [1.82, 2.24) is 4.57 Å². The van der Waals surface area contributed by atoms with Crippen molar-refractivity contribution in [2.24, 2.45) is 0 Å². The molecule has 3 aromatic carbocycles. The Morgan fingerprint density at radius 3 is 2.76 bits per heavy atom. The molecule has 3 heterocycles. The van der Waals surface area contributed by atoms with Crippen LogP contribution in [-0.4, -0.2) is 27.5 Å². The molecular weight excluding hydrogens is 542 g/mol. The van der Waals surface area contributed by atoms with E-state index in [0.717, 1.165) is 22.2 Å². The lowest BCUT2D eigenvalue weighted by molar-refractivity contribution is -0.116. The molecule has 0 bridgehead atoms. The molecule has 10 heteroatoms. The van der Waals surface area contributed by atoms with Crippen molar-refractivity contribution in [3.8, 4) is 11.5 Å². The molecule has 0 radical (unpaired) electrons. The van der Waals surface area contributed by atoms with Crippen LogP contribution in [0.5, 0.6) is 11.5 Å². The minimum Gasteiger partial charge on any atom is -0.454 e. The Morgan fingerprint density at radius 2 is 1.92 bits per heavy atom. The van der Waals surface area contributed by atoms with Gasteiger partial charge in [0.05, 0.1) is 10.6 Å². The second-order valence-corrected chi connectivity index (χ2v) is 10.8. The van der Waals surface area contributed by atoms with Gasteiger partial charge in [-0.25, -0.2) is 0 Å². The van der Waals surface area contributed by atoms with Crippen LogP contribution < -0.4 is 19.7 Å². The molecule has 1 N–H and O–H groups in total. The van der Waals surface area contributed by atoms with E-state index >= 15 is 0 Å². The molecular formula is C28H20ClN3O4S2. The maximum absolute atomic E-state index is 13.4. The number of rotatable bonds is 5. The van der Waals surface area contributed by atoms with Crippen molar-refractivity contribution in [3.63, 3.8) is 0 Å². The van der Waals surface area contributed by atoms with Crippen molar-refractivity contribution in [1.29, 1.82) is 0 Å². The zero-order chi connectivity index (χ0) is 26.4. The van der Waals surface area contributed by atoms with Gasteiger partial charge in [-0.2, -0.15) is 0 Å². The van der Waals surface area contributed by atoms with E-state index in [1.807, 2.05) is 41.8 Å². The number of hydrogen-bond donors (Lipinski definition) is 1. The van der Waals surface area contributed by atoms with E-state index in [2.05, 4.69) is 5.32 Å². The number of carbonyl (C=O) groups is 2. The highest BCUT2D eigenvalue weighted by atomic mass is 35.5. The zero-order valence-corrected chi connectivity index (χ0v) is 22.5. The Labute approximate surface area is 233 Å². The third-order valence-corrected chi connectivity index (χ3v) is 7.91. The maximum atomic E-state index is 13.4. The standard InChI is InChI=1S/C28H20ClN3O4S2/c1-16-21(13-25-27(34)32(28(37)38-25)19-6-4-5-17(29)11-19)20-7-2-3-8-22(20)31(16)14-26(33)30-18-9-10-23-24(12-18)36-15-35-23/h2-13H,14-15H2,1H3,(H,30,33)/b25-13+. The fourth-order valence-corrected chi connectivity index (χ4v) is 6.06. The van der Waals surface area contributed by atoms with Gasteiger partial charge in [-0.1, -0.05) is 59.8 Å². The Hall–Kier alpha value is -3.79. The number of fused-ring (bicyclic) bond motifs is 2. The van der Waals surface area contributed by atoms with E-state index in [9.17, 15) is 9.59 Å². The smallest absolute Gasteiger partial charge is 0.270 e. The number of benzene rings is 3. The average molecular weight is 562 g/mol. The summed E-state index contributed by atoms with van der Waals surface area (Å²) >= 11 is 12.9. The molecule has 0 aliphatic carbocycles. The lowest BCUT2D eigenvalue weighted by Gasteiger charge is -2.14. The average Bonchev–Trinajstić information content (AvgIpc) is 3.55. The number of aromatic nitrogens is 1. The number of nitrogens with one attached hydrogen (secondary N) is 1. The number of amides is 2. The molecule has 0 unspecified atom stereocenters. The molecule has 6 rings (SSSR count). The monoisotopic (exact) mass is 561 g/mol. The van der Waals surface area contributed by atoms with Gasteiger partial charge < -0.3 is 19.4 Å². The largest absolute Gasteiger partial charge is 0.454 e. The van der Waals surface area contributed by atoms with Crippen LogP contribution in [0.15, 0.2) is 71.6 Å². The first-order valence-electron chi connectivity index (χ1n) is 11.7. The fraction of sp³-hybridized carbons (Fsp3) is 0.107. The number of halogens is 1. The van der Waals surface area contributed by atoms with E-state index in [4.69, 9.17) is 33.3 Å². The van der Waals surface area contributed by atoms with E-state index < -0.39 is 0 Å². The maximum Gasteiger partial charge on any atom is 0.270 e. The quantitative estimate of drug-likeness (QED) is 0.225. The van der Waals surface area contributed by atoms with Gasteiger partial charge in [0.25, 0.3) is 5.91 Å². The third kappa shape index (κ3) is 4.42. The molecule has 4 aromatic rings. The van der Waals surface area contributed by atoms with Crippen molar-refractivity contribution in [3.05, 3.63) is 87.9 Å². The summed E-state index contributed by atoms with van der Waals surface area (Å²) in [5, 5.41) is 4.40. The first-order valence-corrected chi connectivity index (χ1v) is 13.3. The second kappa shape index (κ2) is 9.83. The number of carbonyl (C=O) groups excluding carboxylic acids is 2. The molecule has 1 aromatic heterocycles. The molecule has 38 heavy (non-hydrogen) atoms. The predicted octanol–water partition coefficient (Wildman–Crippen LogP) is 6.38. The first kappa shape index (κ1) is 24.5. The SMILES string of the molecule is Cc1c(/C=C2/SC(=S)N(c3cccc(Cl)c3)C2=O)c2ccccc2n1CC(=O)Nc1ccc2c(c1)OCO2. The number of nitrogens with zero attached hydrogens (tertiary/aromatic N) is 2. The summed E-state index contributed by atoms with van der Waals surface area (Å²) in [6, 6.07) is 20.2. The minimum atomic E-state index is -0.209.